The number of halogens is 1. The Morgan fingerprint density at radius 3 is 3.00 bits per heavy atom. The lowest BCUT2D eigenvalue weighted by atomic mass is 9.87. The van der Waals surface area contributed by atoms with Crippen LogP contribution in [0.5, 0.6) is 0 Å². The van der Waals surface area contributed by atoms with Crippen LogP contribution >= 0.6 is 11.6 Å². The van der Waals surface area contributed by atoms with E-state index < -0.39 is 0 Å². The van der Waals surface area contributed by atoms with E-state index in [1.54, 1.807) is 0 Å². The van der Waals surface area contributed by atoms with E-state index in [1.807, 2.05) is 18.2 Å². The summed E-state index contributed by atoms with van der Waals surface area (Å²) >= 11 is 6.31. The van der Waals surface area contributed by atoms with Gasteiger partial charge in [-0.05, 0) is 30.9 Å². The molecule has 1 aliphatic rings. The zero-order valence-corrected chi connectivity index (χ0v) is 11.3. The third kappa shape index (κ3) is 1.87. The maximum absolute atomic E-state index is 6.31. The molecular formula is C14H18ClN3. The first-order valence-corrected chi connectivity index (χ1v) is 6.96. The number of nitrogens with zero attached hydrogens (tertiary/aromatic N) is 2. The standard InChI is InChI=1S/C14H18ClN3/c1-9-4-2-5-10(8-9)18-13-11(15)6-3-7-12(13)17-14(18)16/h3,6-7,9-10H,2,4-5,8H2,1H3,(H2,16,17). The monoisotopic (exact) mass is 263 g/mol. The Morgan fingerprint density at radius 1 is 1.39 bits per heavy atom. The van der Waals surface area contributed by atoms with Crippen LogP contribution in [0.15, 0.2) is 18.2 Å². The summed E-state index contributed by atoms with van der Waals surface area (Å²) < 4.78 is 2.15. The van der Waals surface area contributed by atoms with Crippen molar-refractivity contribution in [3.05, 3.63) is 23.2 Å². The lowest BCUT2D eigenvalue weighted by Gasteiger charge is -2.29. The van der Waals surface area contributed by atoms with Gasteiger partial charge in [-0.2, -0.15) is 0 Å². The van der Waals surface area contributed by atoms with Gasteiger partial charge in [0.25, 0.3) is 0 Å². The molecule has 96 valence electrons. The Labute approximate surface area is 112 Å². The van der Waals surface area contributed by atoms with Gasteiger partial charge in [-0.3, -0.25) is 0 Å². The number of hydrogen-bond donors (Lipinski definition) is 1. The molecule has 1 aromatic heterocycles. The molecule has 1 saturated carbocycles. The SMILES string of the molecule is CC1CCCC(n2c(N)nc3cccc(Cl)c32)C1. The second-order valence-electron chi connectivity index (χ2n) is 5.37. The van der Waals surface area contributed by atoms with E-state index in [1.165, 1.54) is 25.7 Å². The fraction of sp³-hybridized carbons (Fsp3) is 0.500. The molecule has 2 N–H and O–H groups in total. The third-order valence-electron chi connectivity index (χ3n) is 3.96. The fourth-order valence-electron chi connectivity index (χ4n) is 3.13. The minimum atomic E-state index is 0.443. The van der Waals surface area contributed by atoms with Gasteiger partial charge in [-0.1, -0.05) is 37.4 Å². The van der Waals surface area contributed by atoms with Crippen molar-refractivity contribution in [2.75, 3.05) is 5.73 Å². The van der Waals surface area contributed by atoms with Crippen molar-refractivity contribution in [2.24, 2.45) is 5.92 Å². The van der Waals surface area contributed by atoms with E-state index in [9.17, 15) is 0 Å². The number of imidazole rings is 1. The lowest BCUT2D eigenvalue weighted by Crippen LogP contribution is -2.19. The number of nitrogens with two attached hydrogens (primary N) is 1. The molecule has 2 atom stereocenters. The summed E-state index contributed by atoms with van der Waals surface area (Å²) in [5.41, 5.74) is 7.99. The van der Waals surface area contributed by atoms with Crippen molar-refractivity contribution in [3.8, 4) is 0 Å². The minimum absolute atomic E-state index is 0.443. The maximum atomic E-state index is 6.31. The van der Waals surface area contributed by atoms with Gasteiger partial charge < -0.3 is 10.3 Å². The predicted molar refractivity (Wildman–Crippen MR) is 75.8 cm³/mol. The fourth-order valence-corrected chi connectivity index (χ4v) is 3.39. The van der Waals surface area contributed by atoms with Crippen molar-refractivity contribution >= 4 is 28.6 Å². The summed E-state index contributed by atoms with van der Waals surface area (Å²) in [6.07, 6.45) is 4.91. The zero-order valence-electron chi connectivity index (χ0n) is 10.6. The summed E-state index contributed by atoms with van der Waals surface area (Å²) in [7, 11) is 0. The molecular weight excluding hydrogens is 246 g/mol. The largest absolute Gasteiger partial charge is 0.369 e. The van der Waals surface area contributed by atoms with Crippen LogP contribution in [0.2, 0.25) is 5.02 Å². The molecule has 2 unspecified atom stereocenters. The zero-order chi connectivity index (χ0) is 12.7. The Hall–Kier alpha value is -1.22. The van der Waals surface area contributed by atoms with Crippen LogP contribution in [0.1, 0.15) is 38.6 Å². The number of benzene rings is 1. The molecule has 0 amide bonds. The first-order valence-electron chi connectivity index (χ1n) is 6.58. The highest BCUT2D eigenvalue weighted by atomic mass is 35.5. The molecule has 0 aliphatic heterocycles. The van der Waals surface area contributed by atoms with Crippen LogP contribution in [0.3, 0.4) is 0 Å². The summed E-state index contributed by atoms with van der Waals surface area (Å²) in [6, 6.07) is 6.25. The number of fused-ring (bicyclic) bond motifs is 1. The van der Waals surface area contributed by atoms with Crippen LogP contribution in [-0.4, -0.2) is 9.55 Å². The van der Waals surface area contributed by atoms with Crippen molar-refractivity contribution < 1.29 is 0 Å². The van der Waals surface area contributed by atoms with Gasteiger partial charge in [0.1, 0.15) is 0 Å². The van der Waals surface area contributed by atoms with E-state index in [-0.39, 0.29) is 0 Å². The summed E-state index contributed by atoms with van der Waals surface area (Å²) in [5.74, 6) is 1.35. The number of nitrogen functional groups attached to an aromatic ring is 1. The Balaban J connectivity index is 2.13. The topological polar surface area (TPSA) is 43.8 Å². The molecule has 3 nitrogen and oxygen atoms in total. The number of anilines is 1. The molecule has 2 aromatic rings. The van der Waals surface area contributed by atoms with Crippen LogP contribution in [0, 0.1) is 5.92 Å². The molecule has 1 aliphatic carbocycles. The number of aromatic nitrogens is 2. The first kappa shape index (κ1) is 11.8. The molecule has 1 fully saturated rings. The van der Waals surface area contributed by atoms with E-state index in [4.69, 9.17) is 17.3 Å². The average molecular weight is 264 g/mol. The second-order valence-corrected chi connectivity index (χ2v) is 5.78. The average Bonchev–Trinajstić information content (AvgIpc) is 2.67. The molecule has 1 heterocycles. The highest BCUT2D eigenvalue weighted by Crippen LogP contribution is 2.37. The van der Waals surface area contributed by atoms with Crippen molar-refractivity contribution in [2.45, 2.75) is 38.6 Å². The minimum Gasteiger partial charge on any atom is -0.369 e. The normalized spacial score (nSPS) is 24.6. The van der Waals surface area contributed by atoms with E-state index in [0.717, 1.165) is 22.0 Å². The molecule has 0 bridgehead atoms. The highest BCUT2D eigenvalue weighted by Gasteiger charge is 2.24. The summed E-state index contributed by atoms with van der Waals surface area (Å²) in [4.78, 5) is 4.43. The molecule has 0 saturated heterocycles. The summed E-state index contributed by atoms with van der Waals surface area (Å²) in [6.45, 7) is 2.31. The van der Waals surface area contributed by atoms with Gasteiger partial charge in [0.2, 0.25) is 5.95 Å². The summed E-state index contributed by atoms with van der Waals surface area (Å²) in [5, 5.41) is 0.745. The number of para-hydroxylation sites is 1. The molecule has 1 aromatic carbocycles. The molecule has 0 spiro atoms. The van der Waals surface area contributed by atoms with E-state index in [0.29, 0.717) is 12.0 Å². The van der Waals surface area contributed by atoms with Crippen molar-refractivity contribution in [1.82, 2.24) is 9.55 Å². The second kappa shape index (κ2) is 4.47. The van der Waals surface area contributed by atoms with Gasteiger partial charge >= 0.3 is 0 Å². The maximum Gasteiger partial charge on any atom is 0.201 e. The Kier molecular flexibility index (Phi) is 2.94. The van der Waals surface area contributed by atoms with E-state index in [2.05, 4.69) is 16.5 Å². The molecule has 4 heteroatoms. The third-order valence-corrected chi connectivity index (χ3v) is 4.27. The lowest BCUT2D eigenvalue weighted by molar-refractivity contribution is 0.289. The van der Waals surface area contributed by atoms with Crippen molar-refractivity contribution in [3.63, 3.8) is 0 Å². The smallest absolute Gasteiger partial charge is 0.201 e. The van der Waals surface area contributed by atoms with Crippen LogP contribution in [0.4, 0.5) is 5.95 Å². The predicted octanol–water partition coefficient (Wildman–Crippen LogP) is 4.02. The van der Waals surface area contributed by atoms with Gasteiger partial charge in [0, 0.05) is 6.04 Å². The van der Waals surface area contributed by atoms with Gasteiger partial charge in [-0.15, -0.1) is 0 Å². The van der Waals surface area contributed by atoms with Crippen molar-refractivity contribution in [1.29, 1.82) is 0 Å². The van der Waals surface area contributed by atoms with Crippen LogP contribution in [-0.2, 0) is 0 Å². The molecule has 18 heavy (non-hydrogen) atoms. The van der Waals surface area contributed by atoms with Gasteiger partial charge in [-0.25, -0.2) is 4.98 Å². The van der Waals surface area contributed by atoms with Crippen LogP contribution < -0.4 is 5.73 Å². The number of hydrogen-bond acceptors (Lipinski definition) is 2. The quantitative estimate of drug-likeness (QED) is 0.844. The Bertz CT molecular complexity index is 576. The number of rotatable bonds is 1. The van der Waals surface area contributed by atoms with Gasteiger partial charge in [0.05, 0.1) is 16.1 Å². The van der Waals surface area contributed by atoms with E-state index >= 15 is 0 Å². The molecule has 3 rings (SSSR count). The first-order chi connectivity index (χ1) is 8.66. The Morgan fingerprint density at radius 2 is 2.22 bits per heavy atom. The highest BCUT2D eigenvalue weighted by molar-refractivity contribution is 6.35. The van der Waals surface area contributed by atoms with Crippen LogP contribution in [0.25, 0.3) is 11.0 Å². The molecule has 0 radical (unpaired) electrons. The van der Waals surface area contributed by atoms with Gasteiger partial charge in [0.15, 0.2) is 0 Å².